The van der Waals surface area contributed by atoms with Crippen molar-refractivity contribution < 1.29 is 13.9 Å². The van der Waals surface area contributed by atoms with Crippen LogP contribution in [0.4, 0.5) is 15.9 Å². The van der Waals surface area contributed by atoms with Gasteiger partial charge in [0, 0.05) is 19.2 Å². The molecule has 0 bridgehead atoms. The van der Waals surface area contributed by atoms with E-state index >= 15 is 0 Å². The molecule has 0 unspecified atom stereocenters. The Morgan fingerprint density at radius 3 is 2.79 bits per heavy atom. The highest BCUT2D eigenvalue weighted by Crippen LogP contribution is 2.37. The highest BCUT2D eigenvalue weighted by molar-refractivity contribution is 7.20. The van der Waals surface area contributed by atoms with Crippen LogP contribution in [0.2, 0.25) is 0 Å². The number of rotatable bonds is 4. The van der Waals surface area contributed by atoms with Gasteiger partial charge in [-0.1, -0.05) is 0 Å². The number of aromatic nitrogens is 2. The fourth-order valence-electron chi connectivity index (χ4n) is 3.51. The zero-order chi connectivity index (χ0) is 19.7. The van der Waals surface area contributed by atoms with E-state index in [0.717, 1.165) is 41.7 Å². The Labute approximate surface area is 166 Å². The number of halogens is 1. The predicted octanol–water partition coefficient (Wildman–Crippen LogP) is 4.52. The number of carbonyl (C=O) groups excluding carboxylic acids is 1. The average molecular weight is 400 g/mol. The predicted molar refractivity (Wildman–Crippen MR) is 108 cm³/mol. The first-order valence-electron chi connectivity index (χ1n) is 9.22. The molecule has 0 radical (unpaired) electrons. The standard InChI is InChI=1S/C20H21FN4O2S/c1-12-16-18(24-14-7-6-13(21)10-15(14)27-2)22-11-23-19(16)28-17(12)20(26)25-8-4-3-5-9-25/h6-7,10-11H,3-5,8-9H2,1-2H3,(H,22,23,24). The summed E-state index contributed by atoms with van der Waals surface area (Å²) < 4.78 is 18.7. The van der Waals surface area contributed by atoms with Crippen molar-refractivity contribution in [1.29, 1.82) is 0 Å². The van der Waals surface area contributed by atoms with Gasteiger partial charge in [-0.05, 0) is 43.9 Å². The van der Waals surface area contributed by atoms with Gasteiger partial charge in [0.2, 0.25) is 0 Å². The minimum absolute atomic E-state index is 0.0607. The summed E-state index contributed by atoms with van der Waals surface area (Å²) in [5.74, 6) is 0.632. The molecular formula is C20H21FN4O2S. The number of amides is 1. The lowest BCUT2D eigenvalue weighted by Crippen LogP contribution is -2.35. The second kappa shape index (κ2) is 7.71. The van der Waals surface area contributed by atoms with E-state index in [0.29, 0.717) is 22.1 Å². The third kappa shape index (κ3) is 3.40. The van der Waals surface area contributed by atoms with E-state index in [9.17, 15) is 9.18 Å². The highest BCUT2D eigenvalue weighted by Gasteiger charge is 2.25. The lowest BCUT2D eigenvalue weighted by molar-refractivity contribution is 0.0728. The van der Waals surface area contributed by atoms with Crippen molar-refractivity contribution >= 4 is 39.0 Å². The summed E-state index contributed by atoms with van der Waals surface area (Å²) in [4.78, 5) is 25.1. The molecule has 0 saturated carbocycles. The Hall–Kier alpha value is -2.74. The number of hydrogen-bond donors (Lipinski definition) is 1. The minimum atomic E-state index is -0.378. The van der Waals surface area contributed by atoms with Crippen molar-refractivity contribution in [3.8, 4) is 5.75 Å². The molecule has 0 aliphatic carbocycles. The number of thiophene rings is 1. The summed E-state index contributed by atoms with van der Waals surface area (Å²) >= 11 is 1.39. The summed E-state index contributed by atoms with van der Waals surface area (Å²) in [5.41, 5.74) is 1.46. The van der Waals surface area contributed by atoms with Crippen molar-refractivity contribution in [3.63, 3.8) is 0 Å². The average Bonchev–Trinajstić information content (AvgIpc) is 3.07. The van der Waals surface area contributed by atoms with E-state index in [-0.39, 0.29) is 11.7 Å². The SMILES string of the molecule is COc1cc(F)ccc1Nc1ncnc2sc(C(=O)N3CCCCC3)c(C)c12. The van der Waals surface area contributed by atoms with E-state index in [4.69, 9.17) is 4.74 Å². The molecule has 1 amide bonds. The van der Waals surface area contributed by atoms with E-state index in [1.54, 1.807) is 6.07 Å². The molecule has 3 heterocycles. The number of nitrogens with one attached hydrogen (secondary N) is 1. The number of fused-ring (bicyclic) bond motifs is 1. The van der Waals surface area contributed by atoms with Crippen molar-refractivity contribution in [2.24, 2.45) is 0 Å². The molecule has 0 spiro atoms. The van der Waals surface area contributed by atoms with Crippen LogP contribution in [-0.2, 0) is 0 Å². The molecule has 1 fully saturated rings. The van der Waals surface area contributed by atoms with Gasteiger partial charge in [0.1, 0.15) is 28.5 Å². The Morgan fingerprint density at radius 2 is 2.04 bits per heavy atom. The van der Waals surface area contributed by atoms with Crippen molar-refractivity contribution in [1.82, 2.24) is 14.9 Å². The summed E-state index contributed by atoms with van der Waals surface area (Å²) in [6.07, 6.45) is 4.74. The maximum absolute atomic E-state index is 13.5. The number of anilines is 2. The second-order valence-corrected chi connectivity index (χ2v) is 7.78. The van der Waals surface area contributed by atoms with Gasteiger partial charge in [-0.15, -0.1) is 11.3 Å². The van der Waals surface area contributed by atoms with Crippen LogP contribution in [0.1, 0.15) is 34.5 Å². The van der Waals surface area contributed by atoms with Gasteiger partial charge in [0.15, 0.2) is 0 Å². The first-order chi connectivity index (χ1) is 13.6. The van der Waals surface area contributed by atoms with Crippen LogP contribution in [0.15, 0.2) is 24.5 Å². The van der Waals surface area contributed by atoms with Crippen molar-refractivity contribution in [3.05, 3.63) is 40.8 Å². The van der Waals surface area contributed by atoms with Gasteiger partial charge in [0.05, 0.1) is 23.1 Å². The number of benzene rings is 1. The minimum Gasteiger partial charge on any atom is -0.494 e. The van der Waals surface area contributed by atoms with Crippen LogP contribution >= 0.6 is 11.3 Å². The lowest BCUT2D eigenvalue weighted by Gasteiger charge is -2.26. The molecule has 8 heteroatoms. The number of aryl methyl sites for hydroxylation is 1. The topological polar surface area (TPSA) is 67.3 Å². The van der Waals surface area contributed by atoms with Crippen molar-refractivity contribution in [2.75, 3.05) is 25.5 Å². The Bertz CT molecular complexity index is 1030. The summed E-state index contributed by atoms with van der Waals surface area (Å²) in [7, 11) is 1.49. The number of nitrogens with zero attached hydrogens (tertiary/aromatic N) is 3. The molecule has 28 heavy (non-hydrogen) atoms. The quantitative estimate of drug-likeness (QED) is 0.698. The highest BCUT2D eigenvalue weighted by atomic mass is 32.1. The number of likely N-dealkylation sites (tertiary alicyclic amines) is 1. The first-order valence-corrected chi connectivity index (χ1v) is 10.0. The van der Waals surface area contributed by atoms with Gasteiger partial charge in [0.25, 0.3) is 5.91 Å². The monoisotopic (exact) mass is 400 g/mol. The molecule has 2 aromatic heterocycles. The third-order valence-corrected chi connectivity index (χ3v) is 6.17. The van der Waals surface area contributed by atoms with Crippen LogP contribution in [0.3, 0.4) is 0 Å². The molecule has 0 atom stereocenters. The van der Waals surface area contributed by atoms with E-state index in [1.165, 1.54) is 43.3 Å². The zero-order valence-electron chi connectivity index (χ0n) is 15.8. The van der Waals surface area contributed by atoms with E-state index in [2.05, 4.69) is 15.3 Å². The number of ether oxygens (including phenoxy) is 1. The fourth-order valence-corrected chi connectivity index (χ4v) is 4.62. The largest absolute Gasteiger partial charge is 0.494 e. The molecule has 4 rings (SSSR count). The van der Waals surface area contributed by atoms with Gasteiger partial charge >= 0.3 is 0 Å². The molecule has 1 saturated heterocycles. The number of carbonyl (C=O) groups is 1. The van der Waals surface area contributed by atoms with Crippen LogP contribution < -0.4 is 10.1 Å². The normalized spacial score (nSPS) is 14.3. The van der Waals surface area contributed by atoms with Crippen LogP contribution in [0.25, 0.3) is 10.2 Å². The molecule has 1 N–H and O–H groups in total. The second-order valence-electron chi connectivity index (χ2n) is 6.78. The molecule has 1 aromatic carbocycles. The van der Waals surface area contributed by atoms with E-state index in [1.807, 2.05) is 11.8 Å². The van der Waals surface area contributed by atoms with Crippen molar-refractivity contribution in [2.45, 2.75) is 26.2 Å². The maximum atomic E-state index is 13.5. The number of hydrogen-bond acceptors (Lipinski definition) is 6. The molecule has 1 aliphatic rings. The van der Waals surface area contributed by atoms with Crippen LogP contribution in [0.5, 0.6) is 5.75 Å². The maximum Gasteiger partial charge on any atom is 0.264 e. The first kappa shape index (κ1) is 18.6. The Kier molecular flexibility index (Phi) is 5.13. The Morgan fingerprint density at radius 1 is 1.25 bits per heavy atom. The third-order valence-electron chi connectivity index (χ3n) is 4.98. The summed E-state index contributed by atoms with van der Waals surface area (Å²) in [6.45, 7) is 3.53. The molecule has 146 valence electrons. The molecule has 3 aromatic rings. The number of piperidine rings is 1. The fraction of sp³-hybridized carbons (Fsp3) is 0.350. The summed E-state index contributed by atoms with van der Waals surface area (Å²) in [5, 5.41) is 4.01. The van der Waals surface area contributed by atoms with Crippen LogP contribution in [-0.4, -0.2) is 41.0 Å². The van der Waals surface area contributed by atoms with Gasteiger partial charge < -0.3 is 15.0 Å². The molecule has 6 nitrogen and oxygen atoms in total. The van der Waals surface area contributed by atoms with Gasteiger partial charge in [-0.2, -0.15) is 0 Å². The number of methoxy groups -OCH3 is 1. The smallest absolute Gasteiger partial charge is 0.264 e. The van der Waals surface area contributed by atoms with Gasteiger partial charge in [-0.25, -0.2) is 14.4 Å². The van der Waals surface area contributed by atoms with Crippen LogP contribution in [0, 0.1) is 12.7 Å². The van der Waals surface area contributed by atoms with Gasteiger partial charge in [-0.3, -0.25) is 4.79 Å². The molecule has 1 aliphatic heterocycles. The lowest BCUT2D eigenvalue weighted by atomic mass is 10.1. The van der Waals surface area contributed by atoms with E-state index < -0.39 is 0 Å². The zero-order valence-corrected chi connectivity index (χ0v) is 16.6. The summed E-state index contributed by atoms with van der Waals surface area (Å²) in [6, 6.07) is 4.27. The Balaban J connectivity index is 1.73. The molecular weight excluding hydrogens is 379 g/mol.